The van der Waals surface area contributed by atoms with Crippen molar-refractivity contribution >= 4 is 46.9 Å². The Kier molecular flexibility index (Phi) is 7.62. The molecule has 1 fully saturated rings. The molecular weight excluding hydrogens is 448 g/mol. The van der Waals surface area contributed by atoms with Crippen molar-refractivity contribution in [2.45, 2.75) is 0 Å². The van der Waals surface area contributed by atoms with E-state index in [0.29, 0.717) is 22.7 Å². The molecule has 9 nitrogen and oxygen atoms in total. The van der Waals surface area contributed by atoms with Gasteiger partial charge in [0.15, 0.2) is 11.7 Å². The minimum absolute atomic E-state index is 0.120. The van der Waals surface area contributed by atoms with Crippen molar-refractivity contribution in [3.05, 3.63) is 59.8 Å². The van der Waals surface area contributed by atoms with Crippen LogP contribution in [0.4, 0.5) is 5.69 Å². The number of methoxy groups -OCH3 is 3. The van der Waals surface area contributed by atoms with E-state index in [9.17, 15) is 14.4 Å². The Balaban J connectivity index is 2.01. The lowest BCUT2D eigenvalue weighted by Crippen LogP contribution is -2.35. The predicted molar refractivity (Wildman–Crippen MR) is 124 cm³/mol. The Hall–Kier alpha value is -3.92. The van der Waals surface area contributed by atoms with Gasteiger partial charge in [-0.15, -0.1) is 0 Å². The zero-order chi connectivity index (χ0) is 24.0. The van der Waals surface area contributed by atoms with E-state index in [0.717, 1.165) is 0 Å². The van der Waals surface area contributed by atoms with Crippen LogP contribution in [-0.4, -0.2) is 62.3 Å². The van der Waals surface area contributed by atoms with Gasteiger partial charge in [0.1, 0.15) is 23.7 Å². The monoisotopic (exact) mass is 470 g/mol. The number of rotatable bonds is 8. The highest BCUT2D eigenvalue weighted by Crippen LogP contribution is 2.31. The molecule has 0 spiro atoms. The van der Waals surface area contributed by atoms with Crippen molar-refractivity contribution in [3.63, 3.8) is 0 Å². The molecule has 3 rings (SSSR count). The topological polar surface area (TPSA) is 94.6 Å². The highest BCUT2D eigenvalue weighted by atomic mass is 32.1. The maximum atomic E-state index is 13.4. The van der Waals surface area contributed by atoms with Gasteiger partial charge in [-0.05, 0) is 48.6 Å². The average Bonchev–Trinajstić information content (AvgIpc) is 3.06. The van der Waals surface area contributed by atoms with Gasteiger partial charge in [0.05, 0.1) is 27.0 Å². The first-order chi connectivity index (χ1) is 15.9. The van der Waals surface area contributed by atoms with Crippen molar-refractivity contribution in [1.29, 1.82) is 0 Å². The molecule has 1 amide bonds. The summed E-state index contributed by atoms with van der Waals surface area (Å²) in [6, 6.07) is 13.6. The van der Waals surface area contributed by atoms with Crippen LogP contribution in [0.5, 0.6) is 11.5 Å². The third-order valence-corrected chi connectivity index (χ3v) is 5.17. The third kappa shape index (κ3) is 5.29. The second-order valence-electron chi connectivity index (χ2n) is 6.72. The van der Waals surface area contributed by atoms with Gasteiger partial charge in [-0.1, -0.05) is 18.2 Å². The summed E-state index contributed by atoms with van der Waals surface area (Å²) >= 11 is 5.53. The van der Waals surface area contributed by atoms with Gasteiger partial charge in [0.2, 0.25) is 0 Å². The number of nitrogens with zero attached hydrogens (tertiary/aromatic N) is 2. The van der Waals surface area contributed by atoms with Crippen LogP contribution in [0.3, 0.4) is 0 Å². The highest BCUT2D eigenvalue weighted by Gasteiger charge is 2.40. The molecule has 1 saturated heterocycles. The summed E-state index contributed by atoms with van der Waals surface area (Å²) in [6.07, 6.45) is 1.55. The molecule has 10 heteroatoms. The molecule has 0 N–H and O–H groups in total. The number of hydrogen-bond acceptors (Lipinski definition) is 8. The Bertz CT molecular complexity index is 1100. The van der Waals surface area contributed by atoms with Gasteiger partial charge in [-0.25, -0.2) is 4.79 Å². The van der Waals surface area contributed by atoms with E-state index < -0.39 is 17.8 Å². The molecule has 0 unspecified atom stereocenters. The number of benzene rings is 2. The summed E-state index contributed by atoms with van der Waals surface area (Å²) in [6.45, 7) is -0.558. The van der Waals surface area contributed by atoms with E-state index in [1.165, 1.54) is 24.0 Å². The van der Waals surface area contributed by atoms with Crippen molar-refractivity contribution in [2.75, 3.05) is 39.4 Å². The fourth-order valence-electron chi connectivity index (χ4n) is 3.06. The zero-order valence-electron chi connectivity index (χ0n) is 18.3. The van der Waals surface area contributed by atoms with Crippen LogP contribution < -0.4 is 14.4 Å². The number of carbonyl (C=O) groups excluding carboxylic acids is 3. The number of amides is 1. The highest BCUT2D eigenvalue weighted by molar-refractivity contribution is 7.80. The smallest absolute Gasteiger partial charge is 0.343 e. The molecular formula is C23H22N2O7S. The van der Waals surface area contributed by atoms with Crippen molar-refractivity contribution in [3.8, 4) is 11.5 Å². The number of anilines is 1. The Morgan fingerprint density at radius 1 is 0.970 bits per heavy atom. The molecule has 0 bridgehead atoms. The third-order valence-electron chi connectivity index (χ3n) is 4.77. The summed E-state index contributed by atoms with van der Waals surface area (Å²) in [5.74, 6) is -0.571. The lowest BCUT2D eigenvalue weighted by atomic mass is 10.1. The number of hydrogen-bond donors (Lipinski definition) is 0. The Morgan fingerprint density at radius 3 is 2.27 bits per heavy atom. The molecule has 172 valence electrons. The minimum Gasteiger partial charge on any atom is -0.497 e. The van der Waals surface area contributed by atoms with Crippen LogP contribution in [0.1, 0.15) is 5.56 Å². The average molecular weight is 471 g/mol. The van der Waals surface area contributed by atoms with Gasteiger partial charge in [-0.3, -0.25) is 14.5 Å². The van der Waals surface area contributed by atoms with Gasteiger partial charge < -0.3 is 23.8 Å². The van der Waals surface area contributed by atoms with Crippen LogP contribution in [0.2, 0.25) is 0 Å². The summed E-state index contributed by atoms with van der Waals surface area (Å²) in [4.78, 5) is 39.7. The number of para-hydroxylation sites is 1. The van der Waals surface area contributed by atoms with E-state index in [-0.39, 0.29) is 24.0 Å². The van der Waals surface area contributed by atoms with Crippen LogP contribution in [0.25, 0.3) is 6.08 Å². The summed E-state index contributed by atoms with van der Waals surface area (Å²) in [7, 11) is 4.05. The molecule has 0 atom stereocenters. The lowest BCUT2D eigenvalue weighted by Gasteiger charge is -2.19. The summed E-state index contributed by atoms with van der Waals surface area (Å²) < 4.78 is 20.1. The fraction of sp³-hybridized carbons (Fsp3) is 0.217. The number of ether oxygens (including phenoxy) is 4. The van der Waals surface area contributed by atoms with Gasteiger partial charge in [-0.2, -0.15) is 0 Å². The number of carbonyl (C=O) groups is 3. The van der Waals surface area contributed by atoms with Crippen LogP contribution in [0, 0.1) is 0 Å². The zero-order valence-corrected chi connectivity index (χ0v) is 19.1. The fourth-order valence-corrected chi connectivity index (χ4v) is 3.41. The second-order valence-corrected chi connectivity index (χ2v) is 7.08. The largest absolute Gasteiger partial charge is 0.497 e. The first-order valence-corrected chi connectivity index (χ1v) is 10.2. The lowest BCUT2D eigenvalue weighted by molar-refractivity contribution is -0.143. The van der Waals surface area contributed by atoms with E-state index in [4.69, 9.17) is 26.4 Å². The van der Waals surface area contributed by atoms with Crippen LogP contribution in [0.15, 0.2) is 54.2 Å². The molecule has 0 aliphatic carbocycles. The molecule has 1 heterocycles. The number of esters is 2. The molecule has 0 radical (unpaired) electrons. The predicted octanol–water partition coefficient (Wildman–Crippen LogP) is 2.39. The van der Waals surface area contributed by atoms with E-state index in [1.807, 2.05) is 0 Å². The minimum atomic E-state index is -0.567. The van der Waals surface area contributed by atoms with E-state index in [1.54, 1.807) is 61.7 Å². The molecule has 0 aromatic heterocycles. The maximum absolute atomic E-state index is 13.4. The first-order valence-electron chi connectivity index (χ1n) is 9.76. The van der Waals surface area contributed by atoms with Crippen molar-refractivity contribution < 1.29 is 33.3 Å². The van der Waals surface area contributed by atoms with E-state index in [2.05, 4.69) is 4.74 Å². The molecule has 2 aromatic rings. The summed E-state index contributed by atoms with van der Waals surface area (Å²) in [5.41, 5.74) is 1.17. The Labute approximate surface area is 196 Å². The van der Waals surface area contributed by atoms with E-state index >= 15 is 0 Å². The molecule has 33 heavy (non-hydrogen) atoms. The molecule has 1 aliphatic heterocycles. The quantitative estimate of drug-likeness (QED) is 0.327. The normalized spacial score (nSPS) is 14.5. The van der Waals surface area contributed by atoms with Crippen molar-refractivity contribution in [1.82, 2.24) is 4.90 Å². The van der Waals surface area contributed by atoms with Crippen LogP contribution >= 0.6 is 12.2 Å². The SMILES string of the molecule is COC(=O)COc1ccccc1/C=C1/C(=O)N(c2ccc(OC)cc2)C(=S)N1CC(=O)OC. The first kappa shape index (κ1) is 23.7. The van der Waals surface area contributed by atoms with Crippen LogP contribution in [-0.2, 0) is 23.9 Å². The molecule has 2 aromatic carbocycles. The molecule has 1 aliphatic rings. The number of thiocarbonyl (C=S) groups is 1. The van der Waals surface area contributed by atoms with Crippen molar-refractivity contribution in [2.24, 2.45) is 0 Å². The maximum Gasteiger partial charge on any atom is 0.343 e. The van der Waals surface area contributed by atoms with Gasteiger partial charge in [0.25, 0.3) is 5.91 Å². The van der Waals surface area contributed by atoms with Gasteiger partial charge in [0, 0.05) is 5.56 Å². The standard InChI is InChI=1S/C23H22N2O7S/c1-29-17-10-8-16(9-11-17)25-22(28)18(24(23(25)33)13-20(26)30-2)12-15-6-4-5-7-19(15)32-14-21(27)31-3/h4-12H,13-14H2,1-3H3/b18-12-. The summed E-state index contributed by atoms with van der Waals surface area (Å²) in [5, 5.41) is 0.120. The second kappa shape index (κ2) is 10.6. The molecule has 0 saturated carbocycles. The van der Waals surface area contributed by atoms with Gasteiger partial charge >= 0.3 is 11.9 Å². The Morgan fingerprint density at radius 2 is 1.64 bits per heavy atom.